The number of carbonyl (C=O) groups is 6. The average Bonchev–Trinajstić information content (AvgIpc) is 2.34. The van der Waals surface area contributed by atoms with Crippen LogP contribution in [0.15, 0.2) is 0 Å². The minimum absolute atomic E-state index is 0. The molecule has 2 N–H and O–H groups in total. The van der Waals surface area contributed by atoms with Crippen LogP contribution in [0.3, 0.4) is 0 Å². The van der Waals surface area contributed by atoms with Crippen molar-refractivity contribution in [2.24, 2.45) is 0 Å². The van der Waals surface area contributed by atoms with Crippen LogP contribution in [0, 0.1) is 0 Å². The van der Waals surface area contributed by atoms with Crippen LogP contribution < -0.4 is 30.6 Å². The van der Waals surface area contributed by atoms with Gasteiger partial charge in [-0.25, -0.2) is 0 Å². The minimum Gasteiger partial charge on any atom is -0.550 e. The first-order valence-electron chi connectivity index (χ1n) is 6.23. The van der Waals surface area contributed by atoms with Crippen LogP contribution in [0.5, 0.6) is 0 Å². The van der Waals surface area contributed by atoms with E-state index < -0.39 is 72.7 Å². The van der Waals surface area contributed by atoms with Gasteiger partial charge in [0.1, 0.15) is 11.2 Å². The van der Waals surface area contributed by atoms with Gasteiger partial charge in [0, 0.05) is 49.6 Å². The van der Waals surface area contributed by atoms with Crippen LogP contribution in [-0.2, 0) is 28.8 Å². The van der Waals surface area contributed by atoms with E-state index in [-0.39, 0.29) is 50.6 Å². The van der Waals surface area contributed by atoms with Crippen LogP contribution >= 0.6 is 0 Å². The molecule has 0 amide bonds. The topological polar surface area (TPSA) is 281 Å². The summed E-state index contributed by atoms with van der Waals surface area (Å²) in [5, 5.41) is 77.9. The standard InChI is InChI=1S/2C6H8O7.Bi.Sb/c2*7-3(8)1-6(13,5(11)12)2-4(9)10;;/h2*13H,1-2H2,(H,7,8)(H,9,10)(H,11,12);;/q;;2*+3/p-6. The number of rotatable bonds is 10. The van der Waals surface area contributed by atoms with E-state index in [4.69, 9.17) is 10.2 Å². The maximum absolute atomic E-state index is 10.1. The number of carbonyl (C=O) groups excluding carboxylic acids is 6. The summed E-state index contributed by atoms with van der Waals surface area (Å²) in [5.74, 6) is -12.0. The molecule has 152 valence electrons. The molecule has 0 aromatic carbocycles. The second kappa shape index (κ2) is 14.4. The van der Waals surface area contributed by atoms with E-state index in [0.29, 0.717) is 0 Å². The van der Waals surface area contributed by atoms with Gasteiger partial charge in [0.2, 0.25) is 0 Å². The fourth-order valence-corrected chi connectivity index (χ4v) is 1.37. The van der Waals surface area contributed by atoms with Crippen LogP contribution in [0.4, 0.5) is 0 Å². The maximum Gasteiger partial charge on any atom is 3.00 e. The Balaban J connectivity index is -0.000000192. The van der Waals surface area contributed by atoms with E-state index in [1.165, 1.54) is 0 Å². The van der Waals surface area contributed by atoms with Crippen LogP contribution in [0.25, 0.3) is 0 Å². The molecule has 0 rings (SSSR count). The summed E-state index contributed by atoms with van der Waals surface area (Å²) >= 11 is 0. The zero-order valence-corrected chi connectivity index (χ0v) is 19.5. The van der Waals surface area contributed by atoms with Crippen molar-refractivity contribution >= 4 is 86.4 Å². The molecule has 0 spiro atoms. The first kappa shape index (κ1) is 34.0. The quantitative estimate of drug-likeness (QED) is 0.199. The molecule has 28 heavy (non-hydrogen) atoms. The second-order valence-corrected chi connectivity index (χ2v) is 4.83. The molecular weight excluding hydrogens is 699 g/mol. The Morgan fingerprint density at radius 2 is 0.679 bits per heavy atom. The third kappa shape index (κ3) is 14.5. The van der Waals surface area contributed by atoms with E-state index in [9.17, 15) is 59.4 Å². The number of carboxylic acids is 6. The summed E-state index contributed by atoms with van der Waals surface area (Å²) < 4.78 is 0. The fourth-order valence-electron chi connectivity index (χ4n) is 1.37. The number of hydrogen-bond acceptors (Lipinski definition) is 14. The molecule has 0 aliphatic heterocycles. The minimum atomic E-state index is -2.97. The molecule has 0 atom stereocenters. The molecular formula is C12H10BiO14Sb. The van der Waals surface area contributed by atoms with E-state index in [0.717, 1.165) is 0 Å². The molecule has 4 radical (unpaired) electrons. The molecule has 0 aliphatic carbocycles. The molecule has 0 unspecified atom stereocenters. The summed E-state index contributed by atoms with van der Waals surface area (Å²) in [5.41, 5.74) is -5.95. The first-order valence-corrected chi connectivity index (χ1v) is 6.23. The first-order chi connectivity index (χ1) is 11.6. The van der Waals surface area contributed by atoms with Crippen molar-refractivity contribution < 1.29 is 69.6 Å². The van der Waals surface area contributed by atoms with Crippen molar-refractivity contribution in [3.05, 3.63) is 0 Å². The molecule has 0 saturated carbocycles. The predicted molar refractivity (Wildman–Crippen MR) is 69.9 cm³/mol. The Hall–Kier alpha value is -1.56. The molecule has 0 saturated heterocycles. The average molecular weight is 709 g/mol. The Labute approximate surface area is 192 Å². The molecule has 0 bridgehead atoms. The zero-order valence-electron chi connectivity index (χ0n) is 13.5. The van der Waals surface area contributed by atoms with Gasteiger partial charge in [-0.3, -0.25) is 0 Å². The van der Waals surface area contributed by atoms with Crippen molar-refractivity contribution in [1.29, 1.82) is 0 Å². The Morgan fingerprint density at radius 1 is 0.536 bits per heavy atom. The van der Waals surface area contributed by atoms with Crippen LogP contribution in [0.1, 0.15) is 25.7 Å². The van der Waals surface area contributed by atoms with Crippen LogP contribution in [-0.4, -0.2) is 108 Å². The Morgan fingerprint density at radius 3 is 0.750 bits per heavy atom. The number of aliphatic carboxylic acids is 6. The number of carboxylic acid groups (broad SMARTS) is 6. The molecule has 14 nitrogen and oxygen atoms in total. The van der Waals surface area contributed by atoms with Crippen molar-refractivity contribution in [3.63, 3.8) is 0 Å². The van der Waals surface area contributed by atoms with Gasteiger partial charge < -0.3 is 69.6 Å². The van der Waals surface area contributed by atoms with Gasteiger partial charge in [-0.05, 0) is 0 Å². The van der Waals surface area contributed by atoms with Gasteiger partial charge in [-0.2, -0.15) is 0 Å². The molecule has 0 aromatic heterocycles. The molecule has 0 fully saturated rings. The van der Waals surface area contributed by atoms with E-state index >= 15 is 0 Å². The predicted octanol–water partition coefficient (Wildman–Crippen LogP) is -11.3. The number of aliphatic hydroxyl groups is 2. The largest absolute Gasteiger partial charge is 3.00 e. The maximum atomic E-state index is 10.1. The van der Waals surface area contributed by atoms with Crippen molar-refractivity contribution in [1.82, 2.24) is 0 Å². The molecule has 0 aliphatic rings. The molecule has 0 heterocycles. The monoisotopic (exact) mass is 708 g/mol. The van der Waals surface area contributed by atoms with E-state index in [2.05, 4.69) is 0 Å². The summed E-state index contributed by atoms with van der Waals surface area (Å²) in [7, 11) is 0. The third-order valence-corrected chi connectivity index (χ3v) is 2.51. The summed E-state index contributed by atoms with van der Waals surface area (Å²) in [6.45, 7) is 0. The molecule has 0 aromatic rings. The summed E-state index contributed by atoms with van der Waals surface area (Å²) in [6, 6.07) is 0. The smallest absolute Gasteiger partial charge is 0.550 e. The normalized spacial score (nSPS) is 10.1. The number of hydrogen-bond donors (Lipinski definition) is 2. The third-order valence-electron chi connectivity index (χ3n) is 2.51. The van der Waals surface area contributed by atoms with Crippen molar-refractivity contribution in [2.45, 2.75) is 36.9 Å². The van der Waals surface area contributed by atoms with Crippen molar-refractivity contribution in [3.8, 4) is 0 Å². The zero-order chi connectivity index (χ0) is 21.3. The Bertz CT molecular complexity index is 519. The van der Waals surface area contributed by atoms with Gasteiger partial charge in [-0.1, -0.05) is 0 Å². The van der Waals surface area contributed by atoms with Gasteiger partial charge in [0.05, 0.1) is 11.9 Å². The van der Waals surface area contributed by atoms with Gasteiger partial charge in [-0.15, -0.1) is 0 Å². The van der Waals surface area contributed by atoms with Crippen LogP contribution in [0.2, 0.25) is 0 Å². The Kier molecular flexibility index (Phi) is 17.5. The second-order valence-electron chi connectivity index (χ2n) is 4.83. The SMILES string of the molecule is O=C([O-])CC(O)(CC(=O)[O-])C(=O)[O-].O=C([O-])CC(O)(CC(=O)[O-])C(=O)[O-].[Bi+3].[Sb+3]. The van der Waals surface area contributed by atoms with Gasteiger partial charge in [0.15, 0.2) is 0 Å². The molecule has 16 heteroatoms. The summed E-state index contributed by atoms with van der Waals surface area (Å²) in [4.78, 5) is 60.0. The fraction of sp³-hybridized carbons (Fsp3) is 0.500. The van der Waals surface area contributed by atoms with E-state index in [1.807, 2.05) is 0 Å². The van der Waals surface area contributed by atoms with E-state index in [1.54, 1.807) is 0 Å². The van der Waals surface area contributed by atoms with Gasteiger partial charge >= 0.3 is 50.6 Å². The summed E-state index contributed by atoms with van der Waals surface area (Å²) in [6.07, 6.45) is -5.43. The van der Waals surface area contributed by atoms with Crippen molar-refractivity contribution in [2.75, 3.05) is 0 Å². The van der Waals surface area contributed by atoms with Gasteiger partial charge in [0.25, 0.3) is 0 Å².